The zero-order valence-corrected chi connectivity index (χ0v) is 24.0. The van der Waals surface area contributed by atoms with Gasteiger partial charge in [-0.15, -0.1) is 0 Å². The van der Waals surface area contributed by atoms with Gasteiger partial charge in [0.25, 0.3) is 5.97 Å². The summed E-state index contributed by atoms with van der Waals surface area (Å²) in [6.07, 6.45) is 0.300. The van der Waals surface area contributed by atoms with E-state index in [2.05, 4.69) is 38.9 Å². The van der Waals surface area contributed by atoms with Crippen LogP contribution in [0.4, 0.5) is 0 Å². The van der Waals surface area contributed by atoms with E-state index in [4.69, 9.17) is 21.4 Å². The number of nitrogens with two attached hydrogens (primary N) is 2. The summed E-state index contributed by atoms with van der Waals surface area (Å²) in [6, 6.07) is -1.20. The van der Waals surface area contributed by atoms with Crippen molar-refractivity contribution in [2.45, 2.75) is 71.1 Å². The molecule has 0 saturated heterocycles. The molecule has 0 rings (SSSR count). The Balaban J connectivity index is 0. The number of nitrogens with zero attached hydrogens (tertiary/aromatic N) is 1. The zero-order chi connectivity index (χ0) is 30.8. The van der Waals surface area contributed by atoms with Gasteiger partial charge in [0.2, 0.25) is 23.6 Å². The lowest BCUT2D eigenvalue weighted by Crippen LogP contribution is -2.46. The Morgan fingerprint density at radius 1 is 0.897 bits per heavy atom. The third kappa shape index (κ3) is 23.3. The number of hydrogen-bond acceptors (Lipinski definition) is 8. The fourth-order valence-corrected chi connectivity index (χ4v) is 3.69. The summed E-state index contributed by atoms with van der Waals surface area (Å²) in [5.41, 5.74) is 10.3. The molecule has 0 spiro atoms. The maximum absolute atomic E-state index is 12.3. The molecule has 0 heterocycles. The topological polar surface area (TPSA) is 255 Å². The third-order valence-corrected chi connectivity index (χ3v) is 4.80. The standard InChI is InChI=1S/C21H39N7O6S.C2H4O2/c1-20(2,3)12-21(4,35)18(34)25-9-8-24-16(31)11-27-14(29)10-15(30)28-13(17(32)33)6-5-7-26-19(22)23;1-2(3)4/h13,35H,5-12H2,1-4H3,(H,24,31)(H,25,34)(H,27,29)(H,28,30)(H,32,33)(H4,22,23,26);1H3,(H,3,4)/t13-,21?;/m0./s1. The number of carboxylic acids is 2. The lowest BCUT2D eigenvalue weighted by molar-refractivity contribution is -0.142. The van der Waals surface area contributed by atoms with Gasteiger partial charge >= 0.3 is 5.97 Å². The van der Waals surface area contributed by atoms with Gasteiger partial charge in [0.1, 0.15) is 12.5 Å². The molecule has 1 unspecified atom stereocenters. The van der Waals surface area contributed by atoms with E-state index in [0.717, 1.165) is 6.92 Å². The molecular formula is C23H43N7O8S. The molecule has 15 nitrogen and oxygen atoms in total. The number of aliphatic carboxylic acids is 2. The fourth-order valence-electron chi connectivity index (χ4n) is 3.14. The number of carboxylic acid groups (broad SMARTS) is 2. The molecule has 0 aromatic heterocycles. The highest BCUT2D eigenvalue weighted by Crippen LogP contribution is 2.31. The van der Waals surface area contributed by atoms with E-state index < -0.39 is 46.9 Å². The van der Waals surface area contributed by atoms with Crippen molar-refractivity contribution in [3.8, 4) is 0 Å². The van der Waals surface area contributed by atoms with Gasteiger partial charge < -0.3 is 42.9 Å². The lowest BCUT2D eigenvalue weighted by Gasteiger charge is -2.30. The van der Waals surface area contributed by atoms with Gasteiger partial charge in [0.05, 0.1) is 11.3 Å². The van der Waals surface area contributed by atoms with Crippen LogP contribution >= 0.6 is 12.6 Å². The first-order chi connectivity index (χ1) is 17.8. The molecule has 2 atom stereocenters. The van der Waals surface area contributed by atoms with Crippen molar-refractivity contribution in [2.75, 3.05) is 26.2 Å². The number of amides is 4. The Kier molecular flexibility index (Phi) is 18.0. The molecule has 4 amide bonds. The minimum atomic E-state index is -1.26. The van der Waals surface area contributed by atoms with Crippen LogP contribution in [0.3, 0.4) is 0 Å². The van der Waals surface area contributed by atoms with Crippen LogP contribution in [0, 0.1) is 5.41 Å². The van der Waals surface area contributed by atoms with Crippen LogP contribution in [-0.2, 0) is 28.8 Å². The fraction of sp³-hybridized carbons (Fsp3) is 0.696. The second-order valence-electron chi connectivity index (χ2n) is 10.00. The molecule has 39 heavy (non-hydrogen) atoms. The Labute approximate surface area is 233 Å². The summed E-state index contributed by atoms with van der Waals surface area (Å²) in [5.74, 6) is -4.53. The average Bonchev–Trinajstić information content (AvgIpc) is 2.74. The van der Waals surface area contributed by atoms with E-state index >= 15 is 0 Å². The van der Waals surface area contributed by atoms with Gasteiger partial charge in [-0.2, -0.15) is 12.6 Å². The van der Waals surface area contributed by atoms with Gasteiger partial charge in [-0.05, 0) is 31.6 Å². The van der Waals surface area contributed by atoms with Crippen molar-refractivity contribution in [1.82, 2.24) is 21.3 Å². The highest BCUT2D eigenvalue weighted by molar-refractivity contribution is 7.82. The first kappa shape index (κ1) is 37.6. The van der Waals surface area contributed by atoms with Crippen LogP contribution < -0.4 is 32.7 Å². The van der Waals surface area contributed by atoms with Gasteiger partial charge in [0, 0.05) is 26.6 Å². The summed E-state index contributed by atoms with van der Waals surface area (Å²) >= 11 is 4.43. The number of guanidine groups is 1. The number of carbonyl (C=O) groups is 6. The number of aliphatic imine (C=N–C) groups is 1. The monoisotopic (exact) mass is 577 g/mol. The van der Waals surface area contributed by atoms with Gasteiger partial charge in [-0.1, -0.05) is 20.8 Å². The molecular weight excluding hydrogens is 534 g/mol. The van der Waals surface area contributed by atoms with Crippen LogP contribution in [0.25, 0.3) is 0 Å². The van der Waals surface area contributed by atoms with Crippen LogP contribution in [-0.4, -0.2) is 88.7 Å². The molecule has 16 heteroatoms. The molecule has 0 saturated carbocycles. The first-order valence-electron chi connectivity index (χ1n) is 12.1. The summed E-state index contributed by atoms with van der Waals surface area (Å²) in [4.78, 5) is 72.0. The number of hydrogen-bond donors (Lipinski definition) is 9. The molecule has 0 aliphatic carbocycles. The van der Waals surface area contributed by atoms with Crippen molar-refractivity contribution in [3.63, 3.8) is 0 Å². The normalized spacial score (nSPS) is 12.8. The molecule has 0 bridgehead atoms. The predicted octanol–water partition coefficient (Wildman–Crippen LogP) is -1.44. The SMILES string of the molecule is CC(=O)O.CC(C)(C)CC(C)(S)C(=O)NCCNC(=O)CNC(=O)CC(=O)N[C@@H](CCCN=C(N)N)C(=O)O. The van der Waals surface area contributed by atoms with E-state index in [-0.39, 0.29) is 49.9 Å². The quantitative estimate of drug-likeness (QED) is 0.0360. The highest BCUT2D eigenvalue weighted by Gasteiger charge is 2.33. The number of nitrogens with one attached hydrogen (secondary N) is 4. The number of rotatable bonds is 15. The van der Waals surface area contributed by atoms with Crippen molar-refractivity contribution >= 4 is 54.2 Å². The molecule has 0 aliphatic heterocycles. The highest BCUT2D eigenvalue weighted by atomic mass is 32.1. The molecule has 0 aromatic carbocycles. The molecule has 0 fully saturated rings. The minimum Gasteiger partial charge on any atom is -0.481 e. The van der Waals surface area contributed by atoms with Crippen LogP contribution in [0.2, 0.25) is 0 Å². The van der Waals surface area contributed by atoms with Crippen molar-refractivity contribution in [2.24, 2.45) is 21.9 Å². The first-order valence-corrected chi connectivity index (χ1v) is 12.5. The van der Waals surface area contributed by atoms with Gasteiger partial charge in [-0.3, -0.25) is 29.0 Å². The molecule has 0 aliphatic rings. The van der Waals surface area contributed by atoms with Crippen LogP contribution in [0.5, 0.6) is 0 Å². The smallest absolute Gasteiger partial charge is 0.326 e. The number of carbonyl (C=O) groups excluding carboxylic acids is 4. The molecule has 224 valence electrons. The summed E-state index contributed by atoms with van der Waals surface area (Å²) in [5, 5.41) is 26.4. The lowest BCUT2D eigenvalue weighted by atomic mass is 9.84. The second kappa shape index (κ2) is 18.7. The maximum atomic E-state index is 12.3. The minimum absolute atomic E-state index is 0.0704. The van der Waals surface area contributed by atoms with Crippen molar-refractivity contribution in [3.05, 3.63) is 0 Å². The summed E-state index contributed by atoms with van der Waals surface area (Å²) in [6.45, 7) is 8.98. The second-order valence-corrected chi connectivity index (χ2v) is 11.0. The van der Waals surface area contributed by atoms with E-state index in [1.54, 1.807) is 6.92 Å². The third-order valence-electron chi connectivity index (χ3n) is 4.44. The molecule has 0 radical (unpaired) electrons. The Morgan fingerprint density at radius 3 is 1.92 bits per heavy atom. The molecule has 0 aromatic rings. The largest absolute Gasteiger partial charge is 0.481 e. The number of thiol groups is 1. The van der Waals surface area contributed by atoms with E-state index in [1.807, 2.05) is 20.8 Å². The van der Waals surface area contributed by atoms with Crippen LogP contribution in [0.15, 0.2) is 4.99 Å². The maximum Gasteiger partial charge on any atom is 0.326 e. The van der Waals surface area contributed by atoms with Gasteiger partial charge in [-0.25, -0.2) is 4.79 Å². The average molecular weight is 578 g/mol. The Morgan fingerprint density at radius 2 is 1.44 bits per heavy atom. The van der Waals surface area contributed by atoms with Crippen LogP contribution in [0.1, 0.15) is 60.3 Å². The van der Waals surface area contributed by atoms with Gasteiger partial charge in [0.15, 0.2) is 5.96 Å². The zero-order valence-electron chi connectivity index (χ0n) is 23.1. The predicted molar refractivity (Wildman–Crippen MR) is 148 cm³/mol. The van der Waals surface area contributed by atoms with E-state index in [0.29, 0.717) is 12.8 Å². The van der Waals surface area contributed by atoms with Crippen molar-refractivity contribution in [1.29, 1.82) is 0 Å². The van der Waals surface area contributed by atoms with E-state index in [1.165, 1.54) is 0 Å². The molecule has 10 N–H and O–H groups in total. The summed E-state index contributed by atoms with van der Waals surface area (Å²) in [7, 11) is 0. The van der Waals surface area contributed by atoms with E-state index in [9.17, 15) is 29.1 Å². The van der Waals surface area contributed by atoms with Crippen molar-refractivity contribution < 1.29 is 39.0 Å². The summed E-state index contributed by atoms with van der Waals surface area (Å²) < 4.78 is -0.858. The Hall–Kier alpha value is -3.56. The Bertz CT molecular complexity index is 880.